The number of rotatable bonds is 4. The molecule has 1 aliphatic rings. The van der Waals surface area contributed by atoms with Crippen molar-refractivity contribution >= 4 is 21.8 Å². The van der Waals surface area contributed by atoms with E-state index in [1.54, 1.807) is 6.07 Å². The van der Waals surface area contributed by atoms with Gasteiger partial charge in [-0.25, -0.2) is 0 Å². The number of carbonyl (C=O) groups excluding carboxylic acids is 1. The van der Waals surface area contributed by atoms with Crippen molar-refractivity contribution in [2.24, 2.45) is 5.92 Å². The zero-order valence-electron chi connectivity index (χ0n) is 10.0. The van der Waals surface area contributed by atoms with Gasteiger partial charge in [-0.05, 0) is 30.9 Å². The van der Waals surface area contributed by atoms with Crippen LogP contribution in [0.25, 0.3) is 0 Å². The highest BCUT2D eigenvalue weighted by atomic mass is 79.9. The molecule has 1 aliphatic carbocycles. The van der Waals surface area contributed by atoms with Crippen LogP contribution in [0.5, 0.6) is 0 Å². The maximum absolute atomic E-state index is 12.0. The molecule has 0 aromatic carbocycles. The van der Waals surface area contributed by atoms with Crippen molar-refractivity contribution in [3.63, 3.8) is 0 Å². The van der Waals surface area contributed by atoms with Crippen LogP contribution in [0.2, 0.25) is 0 Å². The molecule has 1 fully saturated rings. The third-order valence-electron chi connectivity index (χ3n) is 3.41. The van der Waals surface area contributed by atoms with Crippen LogP contribution in [-0.4, -0.2) is 17.3 Å². The van der Waals surface area contributed by atoms with E-state index in [0.717, 1.165) is 23.9 Å². The topological polar surface area (TPSA) is 42.2 Å². The number of aryl methyl sites for hydroxylation is 1. The van der Waals surface area contributed by atoms with Crippen LogP contribution in [0.15, 0.2) is 16.5 Å². The highest BCUT2D eigenvalue weighted by Crippen LogP contribution is 2.27. The Labute approximate surface area is 110 Å². The second-order valence-corrected chi connectivity index (χ2v) is 5.19. The third kappa shape index (κ3) is 2.92. The van der Waals surface area contributed by atoms with E-state index in [0.29, 0.717) is 11.7 Å². The summed E-state index contributed by atoms with van der Waals surface area (Å²) < 4.78 is 5.45. The van der Waals surface area contributed by atoms with Gasteiger partial charge in [0.1, 0.15) is 5.76 Å². The number of furan rings is 1. The van der Waals surface area contributed by atoms with E-state index < -0.39 is 0 Å². The summed E-state index contributed by atoms with van der Waals surface area (Å²) in [4.78, 5) is 12.0. The minimum absolute atomic E-state index is 0.0810. The quantitative estimate of drug-likeness (QED) is 0.868. The fourth-order valence-electron chi connectivity index (χ4n) is 2.34. The lowest BCUT2D eigenvalue weighted by molar-refractivity contribution is 0.0900. The van der Waals surface area contributed by atoms with E-state index in [4.69, 9.17) is 4.42 Å². The smallest absolute Gasteiger partial charge is 0.287 e. The lowest BCUT2D eigenvalue weighted by atomic mass is 10.1. The number of halogens is 1. The predicted octanol–water partition coefficient (Wildman–Crippen LogP) is 3.14. The van der Waals surface area contributed by atoms with Crippen LogP contribution in [0.3, 0.4) is 0 Å². The van der Waals surface area contributed by atoms with E-state index in [-0.39, 0.29) is 11.9 Å². The normalized spacial score (nSPS) is 23.9. The maximum atomic E-state index is 12.0. The summed E-state index contributed by atoms with van der Waals surface area (Å²) in [5.74, 6) is 1.77. The Balaban J connectivity index is 1.96. The van der Waals surface area contributed by atoms with Gasteiger partial charge in [0.2, 0.25) is 0 Å². The van der Waals surface area contributed by atoms with Crippen LogP contribution in [-0.2, 0) is 6.42 Å². The van der Waals surface area contributed by atoms with Gasteiger partial charge in [-0.1, -0.05) is 29.3 Å². The molecule has 3 nitrogen and oxygen atoms in total. The van der Waals surface area contributed by atoms with Crippen LogP contribution in [0.1, 0.15) is 42.5 Å². The summed E-state index contributed by atoms with van der Waals surface area (Å²) in [6.07, 6.45) is 4.28. The van der Waals surface area contributed by atoms with E-state index in [1.165, 1.54) is 12.8 Å². The van der Waals surface area contributed by atoms with Crippen LogP contribution >= 0.6 is 15.9 Å². The summed E-state index contributed by atoms with van der Waals surface area (Å²) in [5, 5.41) is 4.03. The summed E-state index contributed by atoms with van der Waals surface area (Å²) in [5.41, 5.74) is 0. The highest BCUT2D eigenvalue weighted by Gasteiger charge is 2.28. The molecule has 1 heterocycles. The zero-order chi connectivity index (χ0) is 12.3. The minimum atomic E-state index is -0.0810. The molecule has 0 aliphatic heterocycles. The first kappa shape index (κ1) is 12.7. The van der Waals surface area contributed by atoms with Gasteiger partial charge in [0.05, 0.1) is 0 Å². The number of nitrogens with one attached hydrogen (secondary N) is 1. The Morgan fingerprint density at radius 3 is 3.00 bits per heavy atom. The Kier molecular flexibility index (Phi) is 4.26. The van der Waals surface area contributed by atoms with E-state index in [1.807, 2.05) is 13.0 Å². The van der Waals surface area contributed by atoms with Gasteiger partial charge in [0.15, 0.2) is 5.76 Å². The molecule has 0 radical (unpaired) electrons. The van der Waals surface area contributed by atoms with Crippen molar-refractivity contribution in [3.8, 4) is 0 Å². The molecule has 17 heavy (non-hydrogen) atoms. The molecule has 1 N–H and O–H groups in total. The average molecular weight is 300 g/mol. The number of carbonyl (C=O) groups is 1. The summed E-state index contributed by atoms with van der Waals surface area (Å²) in [6, 6.07) is 3.91. The van der Waals surface area contributed by atoms with Crippen molar-refractivity contribution in [3.05, 3.63) is 23.7 Å². The number of hydrogen-bond acceptors (Lipinski definition) is 2. The molecule has 2 unspecified atom stereocenters. The van der Waals surface area contributed by atoms with Crippen LogP contribution in [0.4, 0.5) is 0 Å². The predicted molar refractivity (Wildman–Crippen MR) is 70.5 cm³/mol. The molecule has 94 valence electrons. The first-order valence-electron chi connectivity index (χ1n) is 6.20. The largest absolute Gasteiger partial charge is 0.456 e. The van der Waals surface area contributed by atoms with Crippen molar-refractivity contribution < 1.29 is 9.21 Å². The van der Waals surface area contributed by atoms with Gasteiger partial charge in [-0.2, -0.15) is 0 Å². The van der Waals surface area contributed by atoms with Gasteiger partial charge in [-0.15, -0.1) is 0 Å². The van der Waals surface area contributed by atoms with Crippen LogP contribution < -0.4 is 5.32 Å². The standard InChI is InChI=1S/C13H18BrNO2/c1-2-10-6-7-12(17-10)13(16)15-11-5-3-4-9(11)8-14/h6-7,9,11H,2-5,8H2,1H3,(H,15,16). The molecule has 1 amide bonds. The fourth-order valence-corrected chi connectivity index (χ4v) is 3.12. The van der Waals surface area contributed by atoms with Gasteiger partial charge >= 0.3 is 0 Å². The molecule has 2 atom stereocenters. The zero-order valence-corrected chi connectivity index (χ0v) is 11.6. The van der Waals surface area contributed by atoms with Gasteiger partial charge < -0.3 is 9.73 Å². The Morgan fingerprint density at radius 1 is 1.53 bits per heavy atom. The van der Waals surface area contributed by atoms with Crippen molar-refractivity contribution in [1.29, 1.82) is 0 Å². The first-order chi connectivity index (χ1) is 8.24. The number of alkyl halides is 1. The third-order valence-corrected chi connectivity index (χ3v) is 4.24. The maximum Gasteiger partial charge on any atom is 0.287 e. The van der Waals surface area contributed by atoms with E-state index in [9.17, 15) is 4.79 Å². The van der Waals surface area contributed by atoms with Crippen molar-refractivity contribution in [1.82, 2.24) is 5.32 Å². The van der Waals surface area contributed by atoms with Crippen molar-refractivity contribution in [2.75, 3.05) is 5.33 Å². The van der Waals surface area contributed by atoms with Crippen LogP contribution in [0, 0.1) is 5.92 Å². The van der Waals surface area contributed by atoms with E-state index in [2.05, 4.69) is 21.2 Å². The highest BCUT2D eigenvalue weighted by molar-refractivity contribution is 9.09. The van der Waals surface area contributed by atoms with Gasteiger partial charge in [0.25, 0.3) is 5.91 Å². The molecule has 1 saturated carbocycles. The second kappa shape index (κ2) is 5.71. The Hall–Kier alpha value is -0.770. The van der Waals surface area contributed by atoms with Gasteiger partial charge in [0, 0.05) is 17.8 Å². The summed E-state index contributed by atoms with van der Waals surface area (Å²) in [7, 11) is 0. The molecule has 1 aromatic heterocycles. The molecule has 0 spiro atoms. The lowest BCUT2D eigenvalue weighted by Gasteiger charge is -2.18. The minimum Gasteiger partial charge on any atom is -0.456 e. The second-order valence-electron chi connectivity index (χ2n) is 4.54. The number of hydrogen-bond donors (Lipinski definition) is 1. The summed E-state index contributed by atoms with van der Waals surface area (Å²) >= 11 is 3.50. The molecule has 2 rings (SSSR count). The first-order valence-corrected chi connectivity index (χ1v) is 7.32. The number of amides is 1. The Bertz CT molecular complexity index is 389. The molecule has 0 saturated heterocycles. The van der Waals surface area contributed by atoms with Crippen molar-refractivity contribution in [2.45, 2.75) is 38.6 Å². The molecular weight excluding hydrogens is 282 g/mol. The monoisotopic (exact) mass is 299 g/mol. The Morgan fingerprint density at radius 2 is 2.35 bits per heavy atom. The SMILES string of the molecule is CCc1ccc(C(=O)NC2CCCC2CBr)o1. The fraction of sp³-hybridized carbons (Fsp3) is 0.615. The molecule has 4 heteroatoms. The average Bonchev–Trinajstić information content (AvgIpc) is 2.96. The van der Waals surface area contributed by atoms with E-state index >= 15 is 0 Å². The molecular formula is C13H18BrNO2. The summed E-state index contributed by atoms with van der Waals surface area (Å²) in [6.45, 7) is 2.01. The molecule has 0 bridgehead atoms. The van der Waals surface area contributed by atoms with Gasteiger partial charge in [-0.3, -0.25) is 4.79 Å². The lowest BCUT2D eigenvalue weighted by Crippen LogP contribution is -2.37. The molecule has 1 aromatic rings.